The van der Waals surface area contributed by atoms with Crippen LogP contribution in [0.1, 0.15) is 16.4 Å². The summed E-state index contributed by atoms with van der Waals surface area (Å²) in [7, 11) is 4.74. The fraction of sp³-hybridized carbons (Fsp3) is 0.208. The molecule has 0 fully saturated rings. The highest BCUT2D eigenvalue weighted by atomic mass is 32.2. The molecule has 1 amide bonds. The standard InChI is InChI=1S/C24H25NO4S/c1-27-20-15-22(29-3)21(28-2)14-18(20)16-25-24(26)23(17-10-6-4-7-11-17)30-19-12-8-5-9-13-19/h4-15,23H,16H2,1-3H3,(H,25,26). The van der Waals surface area contributed by atoms with Crippen LogP contribution >= 0.6 is 11.8 Å². The van der Waals surface area contributed by atoms with Gasteiger partial charge in [0.15, 0.2) is 11.5 Å². The van der Waals surface area contributed by atoms with Gasteiger partial charge in [0.25, 0.3) is 0 Å². The second-order valence-corrected chi connectivity index (χ2v) is 7.64. The highest BCUT2D eigenvalue weighted by molar-refractivity contribution is 8.00. The molecular formula is C24H25NO4S. The molecule has 1 atom stereocenters. The van der Waals surface area contributed by atoms with E-state index in [9.17, 15) is 4.79 Å². The van der Waals surface area contributed by atoms with E-state index in [4.69, 9.17) is 14.2 Å². The minimum atomic E-state index is -0.375. The molecule has 0 saturated heterocycles. The van der Waals surface area contributed by atoms with Gasteiger partial charge in [-0.3, -0.25) is 4.79 Å². The molecule has 5 nitrogen and oxygen atoms in total. The Hall–Kier alpha value is -3.12. The van der Waals surface area contributed by atoms with Gasteiger partial charge < -0.3 is 19.5 Å². The summed E-state index contributed by atoms with van der Waals surface area (Å²) in [4.78, 5) is 14.2. The molecule has 0 saturated carbocycles. The molecule has 0 heterocycles. The monoisotopic (exact) mass is 423 g/mol. The van der Waals surface area contributed by atoms with Gasteiger partial charge in [-0.05, 0) is 23.8 Å². The lowest BCUT2D eigenvalue weighted by molar-refractivity contribution is -0.120. The van der Waals surface area contributed by atoms with E-state index in [0.717, 1.165) is 16.0 Å². The summed E-state index contributed by atoms with van der Waals surface area (Å²) in [6.07, 6.45) is 0. The predicted molar refractivity (Wildman–Crippen MR) is 119 cm³/mol. The lowest BCUT2D eigenvalue weighted by atomic mass is 10.1. The number of carbonyl (C=O) groups is 1. The molecule has 30 heavy (non-hydrogen) atoms. The first kappa shape index (κ1) is 21.6. The molecule has 156 valence electrons. The van der Waals surface area contributed by atoms with E-state index >= 15 is 0 Å². The largest absolute Gasteiger partial charge is 0.496 e. The zero-order valence-corrected chi connectivity index (χ0v) is 18.1. The number of amides is 1. The van der Waals surface area contributed by atoms with Crippen LogP contribution in [0, 0.1) is 0 Å². The number of rotatable bonds is 9. The van der Waals surface area contributed by atoms with Crippen LogP contribution in [0.2, 0.25) is 0 Å². The molecule has 0 aliphatic carbocycles. The molecule has 0 aromatic heterocycles. The van der Waals surface area contributed by atoms with Gasteiger partial charge in [0.1, 0.15) is 11.0 Å². The fourth-order valence-electron chi connectivity index (χ4n) is 3.04. The average molecular weight is 424 g/mol. The van der Waals surface area contributed by atoms with Crippen LogP contribution in [-0.2, 0) is 11.3 Å². The number of methoxy groups -OCH3 is 3. The molecule has 0 bridgehead atoms. The number of ether oxygens (including phenoxy) is 3. The minimum Gasteiger partial charge on any atom is -0.496 e. The van der Waals surface area contributed by atoms with E-state index in [2.05, 4.69) is 5.32 Å². The van der Waals surface area contributed by atoms with Crippen molar-refractivity contribution >= 4 is 17.7 Å². The molecule has 0 spiro atoms. The third-order valence-corrected chi connectivity index (χ3v) is 5.84. The summed E-state index contributed by atoms with van der Waals surface area (Å²) in [5, 5.41) is 2.67. The van der Waals surface area contributed by atoms with E-state index in [0.29, 0.717) is 23.8 Å². The predicted octanol–water partition coefficient (Wildman–Crippen LogP) is 4.86. The van der Waals surface area contributed by atoms with Crippen LogP contribution in [0.4, 0.5) is 0 Å². The Labute approximate surface area is 181 Å². The van der Waals surface area contributed by atoms with Crippen LogP contribution in [-0.4, -0.2) is 27.2 Å². The lowest BCUT2D eigenvalue weighted by Crippen LogP contribution is -2.27. The highest BCUT2D eigenvalue weighted by Crippen LogP contribution is 2.37. The summed E-state index contributed by atoms with van der Waals surface area (Å²) >= 11 is 1.52. The Morgan fingerprint density at radius 3 is 2.00 bits per heavy atom. The maximum absolute atomic E-state index is 13.2. The van der Waals surface area contributed by atoms with E-state index in [1.807, 2.05) is 66.7 Å². The first-order valence-electron chi connectivity index (χ1n) is 9.49. The number of hydrogen-bond acceptors (Lipinski definition) is 5. The van der Waals surface area contributed by atoms with Crippen molar-refractivity contribution in [1.29, 1.82) is 0 Å². The summed E-state index contributed by atoms with van der Waals surface area (Å²) < 4.78 is 16.2. The number of thioether (sulfide) groups is 1. The average Bonchev–Trinajstić information content (AvgIpc) is 2.81. The van der Waals surface area contributed by atoms with Gasteiger partial charge >= 0.3 is 0 Å². The molecule has 1 unspecified atom stereocenters. The molecule has 6 heteroatoms. The van der Waals surface area contributed by atoms with E-state index < -0.39 is 0 Å². The molecular weight excluding hydrogens is 398 g/mol. The summed E-state index contributed by atoms with van der Waals surface area (Å²) in [6, 6.07) is 23.3. The molecule has 3 aromatic carbocycles. The first-order chi connectivity index (χ1) is 14.7. The second-order valence-electron chi connectivity index (χ2n) is 6.46. The second kappa shape index (κ2) is 10.6. The Kier molecular flexibility index (Phi) is 7.63. The Bertz CT molecular complexity index is 964. The highest BCUT2D eigenvalue weighted by Gasteiger charge is 2.22. The Morgan fingerprint density at radius 1 is 0.833 bits per heavy atom. The smallest absolute Gasteiger partial charge is 0.238 e. The van der Waals surface area contributed by atoms with Crippen LogP contribution in [0.3, 0.4) is 0 Å². The molecule has 0 aliphatic heterocycles. The Morgan fingerprint density at radius 2 is 1.40 bits per heavy atom. The molecule has 3 rings (SSSR count). The van der Waals surface area contributed by atoms with E-state index in [1.165, 1.54) is 11.8 Å². The number of hydrogen-bond donors (Lipinski definition) is 1. The SMILES string of the molecule is COc1cc(OC)c(OC)cc1CNC(=O)C(Sc1ccccc1)c1ccccc1. The molecule has 3 aromatic rings. The topological polar surface area (TPSA) is 56.8 Å². The van der Waals surface area contributed by atoms with Crippen molar-refractivity contribution in [1.82, 2.24) is 5.32 Å². The summed E-state index contributed by atoms with van der Waals surface area (Å²) in [5.41, 5.74) is 1.75. The lowest BCUT2D eigenvalue weighted by Gasteiger charge is -2.18. The van der Waals surface area contributed by atoms with Crippen LogP contribution in [0.15, 0.2) is 77.7 Å². The minimum absolute atomic E-state index is 0.0770. The van der Waals surface area contributed by atoms with Crippen molar-refractivity contribution < 1.29 is 19.0 Å². The number of benzene rings is 3. The maximum atomic E-state index is 13.2. The van der Waals surface area contributed by atoms with Crippen LogP contribution < -0.4 is 19.5 Å². The van der Waals surface area contributed by atoms with Crippen molar-refractivity contribution in [2.45, 2.75) is 16.7 Å². The molecule has 1 N–H and O–H groups in total. The van der Waals surface area contributed by atoms with Crippen molar-refractivity contribution in [3.63, 3.8) is 0 Å². The van der Waals surface area contributed by atoms with Gasteiger partial charge in [-0.2, -0.15) is 0 Å². The van der Waals surface area contributed by atoms with Gasteiger partial charge in [-0.15, -0.1) is 11.8 Å². The third-order valence-electron chi connectivity index (χ3n) is 4.58. The van der Waals surface area contributed by atoms with Crippen molar-refractivity contribution in [2.75, 3.05) is 21.3 Å². The van der Waals surface area contributed by atoms with Crippen LogP contribution in [0.25, 0.3) is 0 Å². The first-order valence-corrected chi connectivity index (χ1v) is 10.4. The van der Waals surface area contributed by atoms with Gasteiger partial charge in [0.05, 0.1) is 21.3 Å². The maximum Gasteiger partial charge on any atom is 0.238 e. The quantitative estimate of drug-likeness (QED) is 0.498. The van der Waals surface area contributed by atoms with Crippen molar-refractivity contribution in [3.05, 3.63) is 83.9 Å². The van der Waals surface area contributed by atoms with Crippen molar-refractivity contribution in [3.8, 4) is 17.2 Å². The van der Waals surface area contributed by atoms with E-state index in [1.54, 1.807) is 27.4 Å². The van der Waals surface area contributed by atoms with Gasteiger partial charge in [-0.25, -0.2) is 0 Å². The molecule has 0 radical (unpaired) electrons. The Balaban J connectivity index is 1.81. The van der Waals surface area contributed by atoms with Gasteiger partial charge in [0, 0.05) is 23.1 Å². The summed E-state index contributed by atoms with van der Waals surface area (Å²) in [6.45, 7) is 0.307. The molecule has 0 aliphatic rings. The number of carbonyl (C=O) groups excluding carboxylic acids is 1. The van der Waals surface area contributed by atoms with Gasteiger partial charge in [-0.1, -0.05) is 48.5 Å². The van der Waals surface area contributed by atoms with Gasteiger partial charge in [0.2, 0.25) is 5.91 Å². The fourth-order valence-corrected chi connectivity index (χ4v) is 4.11. The zero-order valence-electron chi connectivity index (χ0n) is 17.3. The van der Waals surface area contributed by atoms with Crippen molar-refractivity contribution in [2.24, 2.45) is 0 Å². The summed E-state index contributed by atoms with van der Waals surface area (Å²) in [5.74, 6) is 1.71. The van der Waals surface area contributed by atoms with Crippen LogP contribution in [0.5, 0.6) is 17.2 Å². The zero-order chi connectivity index (χ0) is 21.3. The normalized spacial score (nSPS) is 11.4. The van der Waals surface area contributed by atoms with E-state index in [-0.39, 0.29) is 11.2 Å². The third kappa shape index (κ3) is 5.27. The number of nitrogens with one attached hydrogen (secondary N) is 1.